The Morgan fingerprint density at radius 3 is 2.78 bits per heavy atom. The van der Waals surface area contributed by atoms with E-state index in [-0.39, 0.29) is 11.2 Å². The maximum Gasteiger partial charge on any atom is 0.227 e. The van der Waals surface area contributed by atoms with Crippen LogP contribution in [0.1, 0.15) is 31.3 Å². The van der Waals surface area contributed by atoms with E-state index < -0.39 is 5.82 Å². The molecule has 2 aromatic heterocycles. The van der Waals surface area contributed by atoms with Crippen LogP contribution >= 0.6 is 0 Å². The highest BCUT2D eigenvalue weighted by Gasteiger charge is 2.35. The molecule has 1 unspecified atom stereocenters. The Morgan fingerprint density at radius 1 is 1.19 bits per heavy atom. The van der Waals surface area contributed by atoms with Gasteiger partial charge in [-0.3, -0.25) is 0 Å². The van der Waals surface area contributed by atoms with E-state index in [1.807, 2.05) is 24.9 Å². The molecule has 2 N–H and O–H groups in total. The van der Waals surface area contributed by atoms with Crippen LogP contribution in [0.4, 0.5) is 22.0 Å². The van der Waals surface area contributed by atoms with Crippen molar-refractivity contribution in [2.45, 2.75) is 32.1 Å². The molecule has 0 aromatic carbocycles. The first-order valence-electron chi connectivity index (χ1n) is 11.3. The normalized spacial score (nSPS) is 22.1. The average Bonchev–Trinajstić information content (AvgIpc) is 2.80. The van der Waals surface area contributed by atoms with E-state index in [1.54, 1.807) is 0 Å². The van der Waals surface area contributed by atoms with Crippen LogP contribution in [-0.2, 0) is 10.2 Å². The second-order valence-electron chi connectivity index (χ2n) is 8.80. The highest BCUT2D eigenvalue weighted by atomic mass is 19.1. The van der Waals surface area contributed by atoms with Gasteiger partial charge in [0.1, 0.15) is 11.6 Å². The van der Waals surface area contributed by atoms with Gasteiger partial charge < -0.3 is 25.2 Å². The summed E-state index contributed by atoms with van der Waals surface area (Å²) >= 11 is 0. The fourth-order valence-electron chi connectivity index (χ4n) is 4.41. The van der Waals surface area contributed by atoms with E-state index in [0.29, 0.717) is 38.8 Å². The highest BCUT2D eigenvalue weighted by molar-refractivity contribution is 5.43. The summed E-state index contributed by atoms with van der Waals surface area (Å²) in [4.78, 5) is 22.4. The first-order valence-corrected chi connectivity index (χ1v) is 11.3. The number of nitrogens with zero attached hydrogens (tertiary/aromatic N) is 6. The number of rotatable bonds is 7. The summed E-state index contributed by atoms with van der Waals surface area (Å²) in [6.45, 7) is 10.2. The van der Waals surface area contributed by atoms with Gasteiger partial charge in [0.05, 0.1) is 19.4 Å². The van der Waals surface area contributed by atoms with Crippen LogP contribution in [0.5, 0.6) is 0 Å². The molecule has 10 heteroatoms. The van der Waals surface area contributed by atoms with E-state index in [1.165, 1.54) is 6.20 Å². The van der Waals surface area contributed by atoms with Crippen LogP contribution in [0.2, 0.25) is 0 Å². The van der Waals surface area contributed by atoms with Crippen LogP contribution in [0.25, 0.3) is 0 Å². The van der Waals surface area contributed by atoms with E-state index in [9.17, 15) is 4.39 Å². The van der Waals surface area contributed by atoms with Crippen molar-refractivity contribution in [1.82, 2.24) is 24.8 Å². The van der Waals surface area contributed by atoms with Gasteiger partial charge in [-0.15, -0.1) is 0 Å². The molecule has 2 aromatic rings. The number of hydrogen-bond acceptors (Lipinski definition) is 9. The Labute approximate surface area is 188 Å². The Morgan fingerprint density at radius 2 is 2.00 bits per heavy atom. The zero-order valence-electron chi connectivity index (χ0n) is 19.2. The SMILES string of the molecule is CNc1cc(C)nc(C2(C)CCCN(CCNc3nc(N4CCOCC4)ncc3F)C2)n1. The van der Waals surface area contributed by atoms with Gasteiger partial charge in [0, 0.05) is 56.9 Å². The third-order valence-corrected chi connectivity index (χ3v) is 6.17. The number of anilines is 3. The molecule has 4 heterocycles. The van der Waals surface area contributed by atoms with Crippen molar-refractivity contribution in [2.75, 3.05) is 75.1 Å². The lowest BCUT2D eigenvalue weighted by Gasteiger charge is -2.39. The van der Waals surface area contributed by atoms with Crippen LogP contribution in [0.3, 0.4) is 0 Å². The van der Waals surface area contributed by atoms with E-state index in [0.717, 1.165) is 49.8 Å². The highest BCUT2D eigenvalue weighted by Crippen LogP contribution is 2.32. The molecule has 0 saturated carbocycles. The standard InChI is InChI=1S/C22H33FN8O/c1-16-13-18(24-3)28-20(27-16)22(2)5-4-7-30(15-22)8-6-25-19-17(23)14-26-21(29-19)31-9-11-32-12-10-31/h13-14H,4-12,15H2,1-3H3,(H,24,27,28)(H,25,26,29). The number of aryl methyl sites for hydroxylation is 1. The Bertz CT molecular complexity index is 923. The van der Waals surface area contributed by atoms with Gasteiger partial charge in [0.25, 0.3) is 0 Å². The van der Waals surface area contributed by atoms with Crippen LogP contribution in [0, 0.1) is 12.7 Å². The van der Waals surface area contributed by atoms with Gasteiger partial charge in [-0.25, -0.2) is 19.3 Å². The molecular weight excluding hydrogens is 411 g/mol. The van der Waals surface area contributed by atoms with E-state index >= 15 is 0 Å². The number of likely N-dealkylation sites (tertiary alicyclic amines) is 1. The van der Waals surface area contributed by atoms with Crippen molar-refractivity contribution in [3.63, 3.8) is 0 Å². The predicted octanol–water partition coefficient (Wildman–Crippen LogP) is 2.06. The number of nitrogens with one attached hydrogen (secondary N) is 2. The summed E-state index contributed by atoms with van der Waals surface area (Å²) in [6, 6.07) is 1.96. The smallest absolute Gasteiger partial charge is 0.227 e. The Hall–Kier alpha value is -2.59. The molecule has 32 heavy (non-hydrogen) atoms. The maximum absolute atomic E-state index is 14.3. The van der Waals surface area contributed by atoms with Gasteiger partial charge in [-0.1, -0.05) is 6.92 Å². The lowest BCUT2D eigenvalue weighted by atomic mass is 9.81. The molecule has 2 saturated heterocycles. The summed E-state index contributed by atoms with van der Waals surface area (Å²) in [7, 11) is 1.88. The molecule has 4 rings (SSSR count). The number of piperidine rings is 1. The van der Waals surface area contributed by atoms with Gasteiger partial charge >= 0.3 is 0 Å². The maximum atomic E-state index is 14.3. The molecule has 2 aliphatic heterocycles. The molecule has 0 radical (unpaired) electrons. The summed E-state index contributed by atoms with van der Waals surface area (Å²) in [5.41, 5.74) is 0.856. The fraction of sp³-hybridized carbons (Fsp3) is 0.636. The molecule has 0 amide bonds. The molecular formula is C22H33FN8O. The predicted molar refractivity (Wildman–Crippen MR) is 123 cm³/mol. The largest absolute Gasteiger partial charge is 0.378 e. The van der Waals surface area contributed by atoms with E-state index in [4.69, 9.17) is 14.7 Å². The Kier molecular flexibility index (Phi) is 7.00. The second-order valence-corrected chi connectivity index (χ2v) is 8.80. The molecule has 1 atom stereocenters. The van der Waals surface area contributed by atoms with Crippen molar-refractivity contribution in [2.24, 2.45) is 0 Å². The first kappa shape index (κ1) is 22.6. The minimum atomic E-state index is -0.432. The third kappa shape index (κ3) is 5.24. The molecule has 0 spiro atoms. The zero-order valence-corrected chi connectivity index (χ0v) is 19.2. The van der Waals surface area contributed by atoms with Gasteiger partial charge in [-0.05, 0) is 26.3 Å². The number of ether oxygens (including phenoxy) is 1. The monoisotopic (exact) mass is 444 g/mol. The van der Waals surface area contributed by atoms with Crippen molar-refractivity contribution in [3.05, 3.63) is 29.6 Å². The summed E-state index contributed by atoms with van der Waals surface area (Å²) in [6.07, 6.45) is 3.37. The van der Waals surface area contributed by atoms with Gasteiger partial charge in [0.2, 0.25) is 5.95 Å². The van der Waals surface area contributed by atoms with Crippen LogP contribution in [-0.4, -0.2) is 84.4 Å². The van der Waals surface area contributed by atoms with Crippen molar-refractivity contribution in [1.29, 1.82) is 0 Å². The van der Waals surface area contributed by atoms with Gasteiger partial charge in [-0.2, -0.15) is 4.98 Å². The Balaban J connectivity index is 1.37. The second kappa shape index (κ2) is 9.91. The third-order valence-electron chi connectivity index (χ3n) is 6.17. The minimum absolute atomic E-state index is 0.112. The number of halogens is 1. The number of morpholine rings is 1. The molecule has 0 bridgehead atoms. The average molecular weight is 445 g/mol. The van der Waals surface area contributed by atoms with Crippen LogP contribution < -0.4 is 15.5 Å². The number of aromatic nitrogens is 4. The van der Waals surface area contributed by atoms with Gasteiger partial charge in [0.15, 0.2) is 11.6 Å². The molecule has 174 valence electrons. The van der Waals surface area contributed by atoms with E-state index in [2.05, 4.69) is 32.4 Å². The van der Waals surface area contributed by atoms with Crippen molar-refractivity contribution >= 4 is 17.6 Å². The van der Waals surface area contributed by atoms with Crippen molar-refractivity contribution in [3.8, 4) is 0 Å². The topological polar surface area (TPSA) is 91.3 Å². The summed E-state index contributed by atoms with van der Waals surface area (Å²) < 4.78 is 19.7. The lowest BCUT2D eigenvalue weighted by molar-refractivity contribution is 0.122. The zero-order chi connectivity index (χ0) is 22.6. The molecule has 0 aliphatic carbocycles. The first-order chi connectivity index (χ1) is 15.5. The lowest BCUT2D eigenvalue weighted by Crippen LogP contribution is -2.46. The molecule has 2 fully saturated rings. The minimum Gasteiger partial charge on any atom is -0.378 e. The summed E-state index contributed by atoms with van der Waals surface area (Å²) in [5, 5.41) is 6.30. The molecule has 9 nitrogen and oxygen atoms in total. The number of hydrogen-bond donors (Lipinski definition) is 2. The fourth-order valence-corrected chi connectivity index (χ4v) is 4.41. The van der Waals surface area contributed by atoms with Crippen molar-refractivity contribution < 1.29 is 9.13 Å². The summed E-state index contributed by atoms with van der Waals surface area (Å²) in [5.74, 6) is 2.10. The quantitative estimate of drug-likeness (QED) is 0.666. The molecule has 2 aliphatic rings. The van der Waals surface area contributed by atoms with Crippen LogP contribution in [0.15, 0.2) is 12.3 Å².